The fourth-order valence-corrected chi connectivity index (χ4v) is 29.4. The number of methoxy groups -OCH3 is 1. The fourth-order valence-electron chi connectivity index (χ4n) is 17.6. The molecule has 23 rings (SSSR count). The lowest BCUT2D eigenvalue weighted by atomic mass is 9.87. The Bertz CT molecular complexity index is 7490. The molecule has 7 heteroatoms. The molecule has 0 atom stereocenters. The number of hydrogen-bond donors (Lipinski definition) is 1. The molecule has 3 heterocycles. The molecule has 126 heavy (non-hydrogen) atoms. The first-order valence-electron chi connectivity index (χ1n) is 43.0. The topological polar surface area (TPSA) is 29.5 Å². The predicted molar refractivity (Wildman–Crippen MR) is 552 cm³/mol. The number of thiophene rings is 3. The molecule has 0 bridgehead atoms. The van der Waals surface area contributed by atoms with Gasteiger partial charge in [0.25, 0.3) is 0 Å². The van der Waals surface area contributed by atoms with E-state index in [4.69, 9.17) is 4.74 Å². The van der Waals surface area contributed by atoms with Gasteiger partial charge < -0.3 is 9.84 Å². The average Bonchev–Trinajstić information content (AvgIpc) is 1.59. The van der Waals surface area contributed by atoms with Crippen LogP contribution in [0.25, 0.3) is 129 Å². The van der Waals surface area contributed by atoms with Gasteiger partial charge in [0.15, 0.2) is 72.3 Å². The van der Waals surface area contributed by atoms with Crippen LogP contribution in [0.2, 0.25) is 0 Å². The van der Waals surface area contributed by atoms with Gasteiger partial charge >= 0.3 is 0 Å². The number of phenolic OH excluding ortho intramolecular Hbond substituents is 1. The lowest BCUT2D eigenvalue weighted by molar-refractivity contribution is 0.408. The summed E-state index contributed by atoms with van der Waals surface area (Å²) in [4.78, 5) is 12.2. The summed E-state index contributed by atoms with van der Waals surface area (Å²) in [5.41, 5.74) is 5.84. The maximum absolute atomic E-state index is 10.1. The van der Waals surface area contributed by atoms with E-state index in [1.54, 1.807) is 7.11 Å². The first-order chi connectivity index (χ1) is 61.7. The van der Waals surface area contributed by atoms with E-state index in [-0.39, 0.29) is 58.6 Å². The number of aryl methyl sites for hydroxylation is 4. The second kappa shape index (κ2) is 36.1. The Balaban J connectivity index is 0.000000104. The van der Waals surface area contributed by atoms with Gasteiger partial charge in [0.05, 0.1) is 28.9 Å². The van der Waals surface area contributed by atoms with Crippen LogP contribution in [0.4, 0.5) is 0 Å². The number of rotatable bonds is 10. The number of phenols is 1. The third-order valence-electron chi connectivity index (χ3n) is 23.8. The molecule has 0 saturated heterocycles. The van der Waals surface area contributed by atoms with E-state index in [1.165, 1.54) is 175 Å². The fraction of sp³-hybridized carbons (Fsp3) is 0.0756. The van der Waals surface area contributed by atoms with Crippen LogP contribution < -0.4 is 4.74 Å². The molecule has 2 nitrogen and oxygen atoms in total. The van der Waals surface area contributed by atoms with Crippen LogP contribution >= 0.6 is 31.4 Å². The summed E-state index contributed by atoms with van der Waals surface area (Å²) in [6, 6.07) is 159. The molecule has 3 aromatic heterocycles. The van der Waals surface area contributed by atoms with Gasteiger partial charge in [-0.2, -0.15) is 0 Å². The van der Waals surface area contributed by atoms with Gasteiger partial charge in [-0.25, -0.2) is 0 Å². The van der Waals surface area contributed by atoms with Crippen LogP contribution in [0.1, 0.15) is 48.6 Å². The SMILES string of the molecule is CC(C)(C)c1ccc([S+](c2ccc3ccccc3c2)c2ccc3ccccc3c2)cc1.COc1c(C)cc(-[s+]2c3ccccc3c3ccccc32)cc1C.Cc1cc(-[s+]2c3ccccc3c3ccccc32)cc(C)c1O.c1ccc(-[s+]2c3ccccc3c3ccccc32)cc1.c1ccc2cc([S+](c3ccc4ccccc4c3)c3ccc4ccccc4c3)ccc2c1. The Morgan fingerprint density at radius 2 is 0.444 bits per heavy atom. The van der Waals surface area contributed by atoms with Crippen LogP contribution in [0, 0.1) is 27.7 Å². The number of ether oxygens (including phenoxy) is 1. The molecule has 0 aliphatic rings. The van der Waals surface area contributed by atoms with Crippen LogP contribution in [0.3, 0.4) is 0 Å². The van der Waals surface area contributed by atoms with Crippen molar-refractivity contribution in [2.24, 2.45) is 0 Å². The number of fused-ring (bicyclic) bond motifs is 14. The minimum absolute atomic E-state index is 0.0269. The van der Waals surface area contributed by atoms with Crippen molar-refractivity contribution in [2.45, 2.75) is 83.3 Å². The largest absolute Gasteiger partial charge is 0.507 e. The van der Waals surface area contributed by atoms with Crippen molar-refractivity contribution in [1.82, 2.24) is 0 Å². The van der Waals surface area contributed by atoms with Gasteiger partial charge in [-0.1, -0.05) is 245 Å². The summed E-state index contributed by atoms with van der Waals surface area (Å²) in [6.45, 7) is 15.0. The molecule has 0 fully saturated rings. The smallest absolute Gasteiger partial charge is 0.187 e. The minimum atomic E-state index is -0.183. The molecule has 0 radical (unpaired) electrons. The maximum atomic E-state index is 10.1. The van der Waals surface area contributed by atoms with Crippen molar-refractivity contribution < 1.29 is 9.84 Å². The zero-order valence-electron chi connectivity index (χ0n) is 72.0. The minimum Gasteiger partial charge on any atom is -0.507 e. The molecule has 23 aromatic rings. The predicted octanol–water partition coefficient (Wildman–Crippen LogP) is 34.8. The van der Waals surface area contributed by atoms with Crippen LogP contribution in [-0.2, 0) is 27.2 Å². The van der Waals surface area contributed by atoms with Gasteiger partial charge in [-0.15, -0.1) is 0 Å². The summed E-state index contributed by atoms with van der Waals surface area (Å²) in [5, 5.41) is 31.2. The van der Waals surface area contributed by atoms with Gasteiger partial charge in [0, 0.05) is 118 Å². The molecule has 0 saturated carbocycles. The first kappa shape index (κ1) is 82.3. The Morgan fingerprint density at radius 1 is 0.222 bits per heavy atom. The molecule has 0 aliphatic carbocycles. The van der Waals surface area contributed by atoms with Crippen molar-refractivity contribution >= 4 is 168 Å². The molecule has 1 N–H and O–H groups in total. The van der Waals surface area contributed by atoms with Crippen molar-refractivity contribution in [3.63, 3.8) is 0 Å². The van der Waals surface area contributed by atoms with E-state index in [0.29, 0.717) is 5.75 Å². The molecule has 0 spiro atoms. The third kappa shape index (κ3) is 16.7. The molecule has 0 amide bonds. The summed E-state index contributed by atoms with van der Waals surface area (Å²) < 4.78 is 14.1. The number of aromatic hydroxyl groups is 1. The molecule has 0 aliphatic heterocycles. The summed E-state index contributed by atoms with van der Waals surface area (Å²) in [7, 11) is 1.36. The highest BCUT2D eigenvalue weighted by Crippen LogP contribution is 2.53. The second-order valence-corrected chi connectivity index (χ2v) is 43.1. The van der Waals surface area contributed by atoms with Crippen molar-refractivity contribution in [2.75, 3.05) is 7.11 Å². The highest BCUT2D eigenvalue weighted by molar-refractivity contribution is 7.97. The van der Waals surface area contributed by atoms with Crippen LogP contribution in [0.15, 0.2) is 466 Å². The van der Waals surface area contributed by atoms with Gasteiger partial charge in [0.2, 0.25) is 0 Å². The van der Waals surface area contributed by atoms with Gasteiger partial charge in [0.1, 0.15) is 11.5 Å². The Morgan fingerprint density at radius 3 is 0.714 bits per heavy atom. The number of benzene rings is 20. The quantitative estimate of drug-likeness (QED) is 0.138. The first-order valence-corrected chi connectivity index (χ1v) is 49.1. The molecular weight excluding hydrogens is 1620 g/mol. The summed E-state index contributed by atoms with van der Waals surface area (Å²) in [6.07, 6.45) is 0. The normalized spacial score (nSPS) is 11.5. The zero-order valence-corrected chi connectivity index (χ0v) is 76.0. The Kier molecular flexibility index (Phi) is 23.6. The van der Waals surface area contributed by atoms with Gasteiger partial charge in [-0.3, -0.25) is 0 Å². The summed E-state index contributed by atoms with van der Waals surface area (Å²) >= 11 is 0. The monoisotopic (exact) mass is 1720 g/mol. The average molecular weight is 1720 g/mol. The zero-order chi connectivity index (χ0) is 85.9. The van der Waals surface area contributed by atoms with E-state index in [2.05, 4.69) is 471 Å². The Labute approximate surface area is 752 Å². The Hall–Kier alpha value is -13.3. The van der Waals surface area contributed by atoms with E-state index in [9.17, 15) is 5.11 Å². The molecule has 610 valence electrons. The van der Waals surface area contributed by atoms with Gasteiger partial charge in [-0.05, 0) is 273 Å². The molecule has 20 aromatic carbocycles. The van der Waals surface area contributed by atoms with E-state index >= 15 is 0 Å². The second-order valence-electron chi connectivity index (χ2n) is 33.1. The number of hydrogen-bond acceptors (Lipinski definition) is 2. The lowest BCUT2D eigenvalue weighted by Crippen LogP contribution is -2.11. The molecule has 0 unspecified atom stereocenters. The standard InChI is InChI=1S/C30H21S.C30H27S.C21H19OS.C20H16OS.C18H13S/c1-4-10-25-19-28(16-13-22(25)7-1)31(29-17-14-23-8-2-5-11-26(23)20-29)30-18-15-24-9-3-6-12-27(24)21-30;1-30(2,3)26-14-18-27(19-15-26)31(28-16-12-22-8-4-6-10-24(22)20-28)29-17-13-23-9-5-7-11-25(23)21-29;1-14-12-16(13-15(2)21(14)22-3)23-19-10-6-4-8-17(19)18-9-5-7-11-20(18)23;1-13-11-15(12-14(2)20(13)21)22-18-9-5-3-7-16(18)17-8-4-6-10-19(17)22;1-2-8-14(9-3-1)19-17-12-6-4-10-15(17)16-11-5-7-13-18(16)19/h1-21H;4-21H,1-3H3;4-13H,1-3H3;3-12H,1-2H3;1-13H/q3*+1;;+1/p+1. The van der Waals surface area contributed by atoms with Crippen LogP contribution in [-0.4, -0.2) is 12.2 Å². The van der Waals surface area contributed by atoms with Crippen molar-refractivity contribution in [1.29, 1.82) is 0 Å². The van der Waals surface area contributed by atoms with Crippen molar-refractivity contribution in [3.8, 4) is 26.2 Å². The van der Waals surface area contributed by atoms with Crippen LogP contribution in [0.5, 0.6) is 11.5 Å². The lowest BCUT2D eigenvalue weighted by Gasteiger charge is -2.19. The van der Waals surface area contributed by atoms with E-state index < -0.39 is 0 Å². The molecular formula is C119H97O2S5+5. The van der Waals surface area contributed by atoms with E-state index in [0.717, 1.165) is 16.9 Å². The third-order valence-corrected chi connectivity index (χ3v) is 35.1. The highest BCUT2D eigenvalue weighted by atomic mass is 32.2. The maximum Gasteiger partial charge on any atom is 0.187 e. The highest BCUT2D eigenvalue weighted by Gasteiger charge is 2.34. The van der Waals surface area contributed by atoms with Crippen molar-refractivity contribution in [3.05, 3.63) is 465 Å². The van der Waals surface area contributed by atoms with E-state index in [1.807, 2.05) is 13.8 Å². The summed E-state index contributed by atoms with van der Waals surface area (Å²) in [5.74, 6) is 1.41.